The lowest BCUT2D eigenvalue weighted by Crippen LogP contribution is -2.17. The molecule has 1 N–H and O–H groups in total. The van der Waals surface area contributed by atoms with Crippen LogP contribution in [0.25, 0.3) is 0 Å². The molecule has 0 aromatic heterocycles. The van der Waals surface area contributed by atoms with Crippen molar-refractivity contribution >= 4 is 44.7 Å². The Balaban J connectivity index is 2.22. The predicted molar refractivity (Wildman–Crippen MR) is 86.4 cm³/mol. The minimum Gasteiger partial charge on any atom is -0.612 e. The van der Waals surface area contributed by atoms with E-state index >= 15 is 0 Å². The van der Waals surface area contributed by atoms with E-state index in [0.717, 1.165) is 11.9 Å². The number of rotatable bonds is 5. The molecular formula is C13H12ClNO3S3. The summed E-state index contributed by atoms with van der Waals surface area (Å²) in [6, 6.07) is 12.8. The van der Waals surface area contributed by atoms with Gasteiger partial charge in [-0.25, -0.2) is 8.42 Å². The van der Waals surface area contributed by atoms with E-state index in [1.807, 2.05) is 0 Å². The lowest BCUT2D eigenvalue weighted by Gasteiger charge is -2.11. The maximum absolute atomic E-state index is 12.1. The van der Waals surface area contributed by atoms with Crippen molar-refractivity contribution in [1.82, 2.24) is 4.13 Å². The molecule has 112 valence electrons. The van der Waals surface area contributed by atoms with E-state index in [1.165, 1.54) is 18.4 Å². The Morgan fingerprint density at radius 2 is 1.86 bits per heavy atom. The zero-order valence-corrected chi connectivity index (χ0v) is 14.2. The molecule has 4 nitrogen and oxygen atoms in total. The normalized spacial score (nSPS) is 13.1. The van der Waals surface area contributed by atoms with Gasteiger partial charge in [-0.1, -0.05) is 29.8 Å². The summed E-state index contributed by atoms with van der Waals surface area (Å²) in [6.45, 7) is 0. The Labute approximate surface area is 136 Å². The van der Waals surface area contributed by atoms with Crippen molar-refractivity contribution in [2.75, 3.05) is 6.26 Å². The Morgan fingerprint density at radius 1 is 1.19 bits per heavy atom. The third-order valence-corrected chi connectivity index (χ3v) is 6.53. The Hall–Kier alpha value is -0.700. The quantitative estimate of drug-likeness (QED) is 0.656. The second kappa shape index (κ2) is 7.04. The highest BCUT2D eigenvalue weighted by molar-refractivity contribution is 8.09. The first-order chi connectivity index (χ1) is 9.90. The molecule has 0 heterocycles. The number of hydrogen-bond donors (Lipinski definition) is 1. The molecule has 8 heteroatoms. The minimum atomic E-state index is -3.64. The minimum absolute atomic E-state index is 0.165. The summed E-state index contributed by atoms with van der Waals surface area (Å²) in [4.78, 5) is 1.21. The maximum atomic E-state index is 12.1. The maximum Gasteiger partial charge on any atom is 0.250 e. The van der Waals surface area contributed by atoms with Crippen molar-refractivity contribution < 1.29 is 13.0 Å². The van der Waals surface area contributed by atoms with E-state index in [9.17, 15) is 13.0 Å². The SMILES string of the molecule is C[S+]([O-])c1ccc(Cl)cc1SNS(=O)(=O)c1ccccc1. The molecule has 0 bridgehead atoms. The van der Waals surface area contributed by atoms with Crippen LogP contribution in [0, 0.1) is 0 Å². The van der Waals surface area contributed by atoms with E-state index in [-0.39, 0.29) is 4.90 Å². The van der Waals surface area contributed by atoms with Gasteiger partial charge < -0.3 is 4.55 Å². The fraction of sp³-hybridized carbons (Fsp3) is 0.0769. The van der Waals surface area contributed by atoms with Crippen molar-refractivity contribution in [2.45, 2.75) is 14.7 Å². The zero-order valence-electron chi connectivity index (χ0n) is 10.9. The van der Waals surface area contributed by atoms with Crippen molar-refractivity contribution in [1.29, 1.82) is 0 Å². The first-order valence-electron chi connectivity index (χ1n) is 5.77. The molecular weight excluding hydrogens is 350 g/mol. The fourth-order valence-electron chi connectivity index (χ4n) is 1.55. The van der Waals surface area contributed by atoms with Crippen LogP contribution in [0.4, 0.5) is 0 Å². The van der Waals surface area contributed by atoms with Gasteiger partial charge in [-0.15, -0.1) is 4.13 Å². The first-order valence-corrected chi connectivity index (χ1v) is 10.0. The predicted octanol–water partition coefficient (Wildman–Crippen LogP) is 3.06. The number of halogens is 1. The molecule has 0 spiro atoms. The number of hydrogen-bond acceptors (Lipinski definition) is 4. The molecule has 2 rings (SSSR count). The van der Waals surface area contributed by atoms with Crippen molar-refractivity contribution in [2.24, 2.45) is 0 Å². The summed E-state index contributed by atoms with van der Waals surface area (Å²) in [7, 11) is -3.64. The summed E-state index contributed by atoms with van der Waals surface area (Å²) >= 11 is 5.54. The van der Waals surface area contributed by atoms with Gasteiger partial charge in [-0.3, -0.25) is 0 Å². The Morgan fingerprint density at radius 3 is 2.48 bits per heavy atom. The van der Waals surface area contributed by atoms with E-state index < -0.39 is 21.2 Å². The lowest BCUT2D eigenvalue weighted by molar-refractivity contribution is 0.593. The molecule has 0 aliphatic carbocycles. The van der Waals surface area contributed by atoms with Gasteiger partial charge in [-0.05, 0) is 53.5 Å². The number of benzene rings is 2. The van der Waals surface area contributed by atoms with Crippen molar-refractivity contribution in [3.8, 4) is 0 Å². The van der Waals surface area contributed by atoms with Crippen LogP contribution < -0.4 is 4.13 Å². The highest BCUT2D eigenvalue weighted by Crippen LogP contribution is 2.29. The van der Waals surface area contributed by atoms with Crippen LogP contribution in [-0.4, -0.2) is 19.2 Å². The van der Waals surface area contributed by atoms with Crippen LogP contribution in [0.5, 0.6) is 0 Å². The van der Waals surface area contributed by atoms with Gasteiger partial charge in [0.2, 0.25) is 10.0 Å². The van der Waals surface area contributed by atoms with Crippen molar-refractivity contribution in [3.05, 3.63) is 53.6 Å². The van der Waals surface area contributed by atoms with Crippen LogP contribution in [0.2, 0.25) is 5.02 Å². The average Bonchev–Trinajstić information content (AvgIpc) is 2.46. The van der Waals surface area contributed by atoms with Crippen LogP contribution in [0.15, 0.2) is 63.2 Å². The zero-order chi connectivity index (χ0) is 15.5. The molecule has 0 fully saturated rings. The van der Waals surface area contributed by atoms with Gasteiger partial charge in [0.25, 0.3) is 0 Å². The second-order valence-corrected chi connectivity index (χ2v) is 8.62. The molecule has 0 radical (unpaired) electrons. The molecule has 0 amide bonds. The van der Waals surface area contributed by atoms with Crippen molar-refractivity contribution in [3.63, 3.8) is 0 Å². The first kappa shape index (κ1) is 16.7. The highest BCUT2D eigenvalue weighted by Gasteiger charge is 2.18. The molecule has 0 aliphatic rings. The smallest absolute Gasteiger partial charge is 0.250 e. The van der Waals surface area contributed by atoms with Crippen LogP contribution in [0.3, 0.4) is 0 Å². The monoisotopic (exact) mass is 361 g/mol. The molecule has 0 aliphatic heterocycles. The molecule has 2 aromatic rings. The van der Waals surface area contributed by atoms with E-state index in [0.29, 0.717) is 14.8 Å². The van der Waals surface area contributed by atoms with Gasteiger partial charge in [0, 0.05) is 5.02 Å². The van der Waals surface area contributed by atoms with Crippen LogP contribution >= 0.6 is 23.5 Å². The summed E-state index contributed by atoms with van der Waals surface area (Å²) in [6.07, 6.45) is 1.53. The summed E-state index contributed by atoms with van der Waals surface area (Å²) in [5.74, 6) is 0. The van der Waals surface area contributed by atoms with E-state index in [4.69, 9.17) is 11.6 Å². The molecule has 21 heavy (non-hydrogen) atoms. The van der Waals surface area contributed by atoms with E-state index in [1.54, 1.807) is 36.4 Å². The lowest BCUT2D eigenvalue weighted by atomic mass is 10.4. The Kier molecular flexibility index (Phi) is 5.59. The molecule has 0 saturated carbocycles. The second-order valence-electron chi connectivity index (χ2n) is 4.05. The van der Waals surface area contributed by atoms with Gasteiger partial charge >= 0.3 is 0 Å². The standard InChI is InChI=1S/C13H12ClNO3S3/c1-20(16)13-8-7-10(14)9-12(13)19-15-21(17,18)11-5-3-2-4-6-11/h2-9,15H,1H3. The molecule has 2 aromatic carbocycles. The average molecular weight is 362 g/mol. The largest absolute Gasteiger partial charge is 0.612 e. The number of sulfonamides is 1. The van der Waals surface area contributed by atoms with Gasteiger partial charge in [0.15, 0.2) is 4.90 Å². The molecule has 1 unspecified atom stereocenters. The van der Waals surface area contributed by atoms with Gasteiger partial charge in [0.05, 0.1) is 9.79 Å². The summed E-state index contributed by atoms with van der Waals surface area (Å²) < 4.78 is 38.3. The molecule has 0 saturated heterocycles. The number of nitrogens with one attached hydrogen (secondary N) is 1. The van der Waals surface area contributed by atoms with E-state index in [2.05, 4.69) is 4.13 Å². The van der Waals surface area contributed by atoms with Crippen LogP contribution in [0.1, 0.15) is 0 Å². The fourth-order valence-corrected chi connectivity index (χ4v) is 4.92. The van der Waals surface area contributed by atoms with Crippen LogP contribution in [-0.2, 0) is 21.2 Å². The summed E-state index contributed by atoms with van der Waals surface area (Å²) in [5.41, 5.74) is 0. The topological polar surface area (TPSA) is 69.2 Å². The third kappa shape index (κ3) is 4.38. The van der Waals surface area contributed by atoms with Gasteiger partial charge in [-0.2, -0.15) is 0 Å². The van der Waals surface area contributed by atoms with Gasteiger partial charge in [0.1, 0.15) is 6.26 Å². The Bertz CT molecular complexity index is 721. The third-order valence-electron chi connectivity index (χ3n) is 2.53. The highest BCUT2D eigenvalue weighted by atomic mass is 35.5. The molecule has 1 atom stereocenters. The summed E-state index contributed by atoms with van der Waals surface area (Å²) in [5, 5.41) is 0.450.